The molecule has 0 radical (unpaired) electrons. The summed E-state index contributed by atoms with van der Waals surface area (Å²) in [6.45, 7) is 4.26. The molecule has 0 saturated carbocycles. The number of rotatable bonds is 8. The van der Waals surface area contributed by atoms with Crippen molar-refractivity contribution < 1.29 is 22.4 Å². The molecule has 7 nitrogen and oxygen atoms in total. The average molecular weight is 416 g/mol. The van der Waals surface area contributed by atoms with Gasteiger partial charge >= 0.3 is 0 Å². The Morgan fingerprint density at radius 3 is 2.66 bits per heavy atom. The largest absolute Gasteiger partial charge is 0.490 e. The van der Waals surface area contributed by atoms with Gasteiger partial charge in [0.25, 0.3) is 0 Å². The van der Waals surface area contributed by atoms with Crippen molar-refractivity contribution in [1.29, 1.82) is 0 Å². The third-order valence-corrected chi connectivity index (χ3v) is 4.89. The molecule has 1 atom stereocenters. The van der Waals surface area contributed by atoms with Crippen LogP contribution in [-0.4, -0.2) is 27.2 Å². The van der Waals surface area contributed by atoms with E-state index in [1.165, 1.54) is 0 Å². The second-order valence-corrected chi connectivity index (χ2v) is 8.50. The van der Waals surface area contributed by atoms with E-state index in [1.807, 2.05) is 38.1 Å². The molecule has 154 valence electrons. The van der Waals surface area contributed by atoms with Gasteiger partial charge in [0.2, 0.25) is 15.9 Å². The number of fused-ring (bicyclic) bond motifs is 1. The van der Waals surface area contributed by atoms with Gasteiger partial charge in [-0.15, -0.1) is 0 Å². The molecule has 0 spiro atoms. The van der Waals surface area contributed by atoms with Gasteiger partial charge in [0, 0.05) is 5.39 Å². The van der Waals surface area contributed by atoms with Crippen LogP contribution in [0.2, 0.25) is 0 Å². The predicted molar refractivity (Wildman–Crippen MR) is 113 cm³/mol. The molecule has 2 N–H and O–H groups in total. The van der Waals surface area contributed by atoms with Crippen LogP contribution in [0.1, 0.15) is 31.2 Å². The summed E-state index contributed by atoms with van der Waals surface area (Å²) in [5.41, 5.74) is 1.63. The number of sulfonamides is 1. The lowest BCUT2D eigenvalue weighted by atomic mass is 10.1. The van der Waals surface area contributed by atoms with Crippen molar-refractivity contribution in [1.82, 2.24) is 5.32 Å². The number of furan rings is 1. The Morgan fingerprint density at radius 1 is 1.17 bits per heavy atom. The first-order chi connectivity index (χ1) is 13.8. The van der Waals surface area contributed by atoms with Crippen molar-refractivity contribution >= 4 is 32.6 Å². The van der Waals surface area contributed by atoms with Crippen molar-refractivity contribution in [2.45, 2.75) is 26.3 Å². The highest BCUT2D eigenvalue weighted by Crippen LogP contribution is 2.31. The number of anilines is 1. The highest BCUT2D eigenvalue weighted by molar-refractivity contribution is 7.92. The van der Waals surface area contributed by atoms with Gasteiger partial charge in [-0.05, 0) is 37.6 Å². The fourth-order valence-corrected chi connectivity index (χ4v) is 3.65. The van der Waals surface area contributed by atoms with Crippen molar-refractivity contribution in [2.24, 2.45) is 0 Å². The highest BCUT2D eigenvalue weighted by atomic mass is 32.2. The predicted octanol–water partition coefficient (Wildman–Crippen LogP) is 3.62. The maximum Gasteiger partial charge on any atom is 0.229 e. The number of para-hydroxylation sites is 2. The van der Waals surface area contributed by atoms with E-state index in [9.17, 15) is 13.2 Å². The van der Waals surface area contributed by atoms with Gasteiger partial charge in [0.15, 0.2) is 11.3 Å². The quantitative estimate of drug-likeness (QED) is 0.584. The average Bonchev–Trinajstić information content (AvgIpc) is 3.08. The van der Waals surface area contributed by atoms with E-state index in [0.29, 0.717) is 35.0 Å². The molecule has 3 aromatic rings. The summed E-state index contributed by atoms with van der Waals surface area (Å²) in [5.74, 6) is 1.03. The van der Waals surface area contributed by atoms with Gasteiger partial charge in [0.1, 0.15) is 5.76 Å². The summed E-state index contributed by atoms with van der Waals surface area (Å²) in [7, 11) is -3.43. The van der Waals surface area contributed by atoms with Crippen molar-refractivity contribution in [2.75, 3.05) is 17.6 Å². The maximum atomic E-state index is 12.5. The van der Waals surface area contributed by atoms with E-state index >= 15 is 0 Å². The fraction of sp³-hybridized carbons (Fsp3) is 0.286. The molecule has 29 heavy (non-hydrogen) atoms. The minimum atomic E-state index is -3.43. The summed E-state index contributed by atoms with van der Waals surface area (Å²) in [4.78, 5) is 12.5. The Bertz CT molecular complexity index is 1120. The summed E-state index contributed by atoms with van der Waals surface area (Å²) < 4.78 is 37.0. The first kappa shape index (κ1) is 20.7. The lowest BCUT2D eigenvalue weighted by molar-refractivity contribution is -0.121. The number of carbonyl (C=O) groups is 1. The van der Waals surface area contributed by atoms with Crippen LogP contribution in [-0.2, 0) is 21.2 Å². The Morgan fingerprint density at radius 2 is 1.93 bits per heavy atom. The van der Waals surface area contributed by atoms with Crippen LogP contribution >= 0.6 is 0 Å². The zero-order valence-corrected chi connectivity index (χ0v) is 17.4. The Kier molecular flexibility index (Phi) is 6.12. The standard InChI is InChI=1S/C21H24N2O5S/c1-4-27-18-11-7-9-16-12-19(28-21(16)18)14(2)22-20(24)13-15-8-5-6-10-17(15)23-29(3,25)26/h5-12,14,23H,4,13H2,1-3H3,(H,22,24). The van der Waals surface area contributed by atoms with Gasteiger partial charge in [-0.2, -0.15) is 0 Å². The SMILES string of the molecule is CCOc1cccc2cc(C(C)NC(=O)Cc3ccccc3NS(C)(=O)=O)oc12. The van der Waals surface area contributed by atoms with Crippen molar-refractivity contribution in [3.63, 3.8) is 0 Å². The van der Waals surface area contributed by atoms with Crippen LogP contribution in [0.4, 0.5) is 5.69 Å². The van der Waals surface area contributed by atoms with Gasteiger partial charge < -0.3 is 14.5 Å². The van der Waals surface area contributed by atoms with Crippen molar-refractivity contribution in [3.8, 4) is 5.75 Å². The van der Waals surface area contributed by atoms with E-state index in [4.69, 9.17) is 9.15 Å². The van der Waals surface area contributed by atoms with Crippen LogP contribution in [0.25, 0.3) is 11.0 Å². The molecule has 0 saturated heterocycles. The van der Waals surface area contributed by atoms with Gasteiger partial charge in [0.05, 0.1) is 31.0 Å². The molecule has 2 aromatic carbocycles. The van der Waals surface area contributed by atoms with Crippen LogP contribution in [0.15, 0.2) is 52.9 Å². The lowest BCUT2D eigenvalue weighted by Gasteiger charge is -2.14. The van der Waals surface area contributed by atoms with Crippen LogP contribution < -0.4 is 14.8 Å². The molecule has 1 heterocycles. The summed E-state index contributed by atoms with van der Waals surface area (Å²) in [6, 6.07) is 14.0. The molecule has 8 heteroatoms. The smallest absolute Gasteiger partial charge is 0.229 e. The summed E-state index contributed by atoms with van der Waals surface area (Å²) >= 11 is 0. The number of ether oxygens (including phenoxy) is 1. The van der Waals surface area contributed by atoms with E-state index in [2.05, 4.69) is 10.0 Å². The van der Waals surface area contributed by atoms with Crippen LogP contribution in [0, 0.1) is 0 Å². The van der Waals surface area contributed by atoms with Crippen LogP contribution in [0.3, 0.4) is 0 Å². The van der Waals surface area contributed by atoms with E-state index in [-0.39, 0.29) is 18.4 Å². The molecule has 1 unspecified atom stereocenters. The number of carbonyl (C=O) groups excluding carboxylic acids is 1. The second-order valence-electron chi connectivity index (χ2n) is 6.75. The first-order valence-corrected chi connectivity index (χ1v) is 11.2. The zero-order valence-electron chi connectivity index (χ0n) is 16.6. The summed E-state index contributed by atoms with van der Waals surface area (Å²) in [5, 5.41) is 3.79. The molecule has 1 aromatic heterocycles. The fourth-order valence-electron chi connectivity index (χ4n) is 3.05. The number of hydrogen-bond donors (Lipinski definition) is 2. The molecule has 0 aliphatic rings. The minimum absolute atomic E-state index is 0.0352. The number of hydrogen-bond acceptors (Lipinski definition) is 5. The number of nitrogens with one attached hydrogen (secondary N) is 2. The lowest BCUT2D eigenvalue weighted by Crippen LogP contribution is -2.28. The Labute approximate surface area is 170 Å². The monoisotopic (exact) mass is 416 g/mol. The van der Waals surface area contributed by atoms with Crippen LogP contribution in [0.5, 0.6) is 5.75 Å². The van der Waals surface area contributed by atoms with Gasteiger partial charge in [-0.1, -0.05) is 30.3 Å². The third kappa shape index (κ3) is 5.29. The van der Waals surface area contributed by atoms with E-state index in [1.54, 1.807) is 24.3 Å². The Balaban J connectivity index is 1.73. The first-order valence-electron chi connectivity index (χ1n) is 9.27. The molecular formula is C21H24N2O5S. The molecular weight excluding hydrogens is 392 g/mol. The number of benzene rings is 2. The van der Waals surface area contributed by atoms with E-state index < -0.39 is 10.0 Å². The van der Waals surface area contributed by atoms with E-state index in [0.717, 1.165) is 11.6 Å². The molecule has 0 bridgehead atoms. The molecule has 0 aliphatic heterocycles. The molecule has 1 amide bonds. The Hall–Kier alpha value is -3.00. The third-order valence-electron chi connectivity index (χ3n) is 4.29. The van der Waals surface area contributed by atoms with Gasteiger partial charge in [-0.3, -0.25) is 9.52 Å². The summed E-state index contributed by atoms with van der Waals surface area (Å²) in [6.07, 6.45) is 1.11. The highest BCUT2D eigenvalue weighted by Gasteiger charge is 2.17. The second kappa shape index (κ2) is 8.57. The maximum absolute atomic E-state index is 12.5. The molecule has 0 aliphatic carbocycles. The normalized spacial score (nSPS) is 12.5. The van der Waals surface area contributed by atoms with Crippen molar-refractivity contribution in [3.05, 3.63) is 59.9 Å². The number of amides is 1. The zero-order chi connectivity index (χ0) is 21.0. The molecule has 0 fully saturated rings. The molecule has 3 rings (SSSR count). The minimum Gasteiger partial charge on any atom is -0.490 e. The van der Waals surface area contributed by atoms with Gasteiger partial charge in [-0.25, -0.2) is 8.42 Å². The topological polar surface area (TPSA) is 97.6 Å².